The van der Waals surface area contributed by atoms with Crippen LogP contribution in [0.15, 0.2) is 24.3 Å². The van der Waals surface area contributed by atoms with Crippen molar-refractivity contribution >= 4 is 5.82 Å². The molecule has 1 aromatic carbocycles. The minimum absolute atomic E-state index is 0.0954. The molecule has 158 valence electrons. The summed E-state index contributed by atoms with van der Waals surface area (Å²) in [5, 5.41) is 23.7. The van der Waals surface area contributed by atoms with Gasteiger partial charge in [-0.2, -0.15) is 5.26 Å². The molecule has 0 saturated carbocycles. The Morgan fingerprint density at radius 2 is 2.13 bits per heavy atom. The zero-order valence-electron chi connectivity index (χ0n) is 17.2. The Kier molecular flexibility index (Phi) is 6.36. The van der Waals surface area contributed by atoms with E-state index in [4.69, 9.17) is 10.5 Å². The first-order valence-electron chi connectivity index (χ1n) is 10.8. The predicted octanol–water partition coefficient (Wildman–Crippen LogP) is 2.85. The summed E-state index contributed by atoms with van der Waals surface area (Å²) >= 11 is 0. The minimum atomic E-state index is 0.0954. The number of benzene rings is 1. The molecular formula is C23H29N5O2. The molecule has 0 bridgehead atoms. The van der Waals surface area contributed by atoms with E-state index < -0.39 is 0 Å². The van der Waals surface area contributed by atoms with Gasteiger partial charge in [0.05, 0.1) is 16.8 Å². The highest BCUT2D eigenvalue weighted by Crippen LogP contribution is 2.40. The average molecular weight is 408 g/mol. The first-order chi connectivity index (χ1) is 14.7. The van der Waals surface area contributed by atoms with Gasteiger partial charge in [0.2, 0.25) is 0 Å². The topological polar surface area (TPSA) is 107 Å². The number of aromatic hydroxyl groups is 1. The van der Waals surface area contributed by atoms with Crippen LogP contribution in [0.2, 0.25) is 0 Å². The number of aromatic nitrogens is 1. The lowest BCUT2D eigenvalue weighted by Gasteiger charge is -2.25. The van der Waals surface area contributed by atoms with E-state index in [1.807, 2.05) is 12.1 Å². The van der Waals surface area contributed by atoms with Gasteiger partial charge in [-0.3, -0.25) is 4.90 Å². The number of nitrogens with zero attached hydrogens (tertiary/aromatic N) is 3. The number of nitrogens with one attached hydrogen (secondary N) is 1. The van der Waals surface area contributed by atoms with E-state index in [-0.39, 0.29) is 17.5 Å². The number of likely N-dealkylation sites (tertiary alicyclic amines) is 1. The van der Waals surface area contributed by atoms with Gasteiger partial charge in [-0.15, -0.1) is 0 Å². The van der Waals surface area contributed by atoms with Crippen molar-refractivity contribution in [1.82, 2.24) is 15.2 Å². The number of anilines is 1. The van der Waals surface area contributed by atoms with Crippen molar-refractivity contribution in [1.29, 1.82) is 5.26 Å². The Morgan fingerprint density at radius 3 is 2.87 bits per heavy atom. The second-order valence-corrected chi connectivity index (χ2v) is 8.06. The lowest BCUT2D eigenvalue weighted by Crippen LogP contribution is -2.29. The van der Waals surface area contributed by atoms with Crippen LogP contribution in [0.5, 0.6) is 11.5 Å². The molecule has 1 atom stereocenters. The highest BCUT2D eigenvalue weighted by Gasteiger charge is 2.24. The number of phenols is 1. The Balaban J connectivity index is 1.65. The summed E-state index contributed by atoms with van der Waals surface area (Å²) in [6.07, 6.45) is 4.52. The number of pyridine rings is 1. The molecule has 1 unspecified atom stereocenters. The number of piperidine rings is 1. The Labute approximate surface area is 177 Å². The van der Waals surface area contributed by atoms with Crippen molar-refractivity contribution in [2.45, 2.75) is 31.6 Å². The fourth-order valence-electron chi connectivity index (χ4n) is 4.46. The van der Waals surface area contributed by atoms with E-state index in [2.05, 4.69) is 21.3 Å². The van der Waals surface area contributed by atoms with Gasteiger partial charge in [-0.25, -0.2) is 4.98 Å². The lowest BCUT2D eigenvalue weighted by molar-refractivity contribution is 0.238. The molecule has 4 N–H and O–H groups in total. The van der Waals surface area contributed by atoms with Crippen molar-refractivity contribution in [2.24, 2.45) is 0 Å². The Morgan fingerprint density at radius 1 is 1.30 bits per heavy atom. The van der Waals surface area contributed by atoms with Gasteiger partial charge >= 0.3 is 0 Å². The number of ether oxygens (including phenoxy) is 1. The molecule has 0 amide bonds. The van der Waals surface area contributed by atoms with E-state index in [1.54, 1.807) is 12.1 Å². The summed E-state index contributed by atoms with van der Waals surface area (Å²) < 4.78 is 6.06. The molecule has 7 heteroatoms. The number of nitrogens with two attached hydrogens (primary N) is 1. The molecule has 7 nitrogen and oxygen atoms in total. The molecule has 0 radical (unpaired) electrons. The third-order valence-electron chi connectivity index (χ3n) is 6.05. The normalized spacial score (nSPS) is 19.5. The highest BCUT2D eigenvalue weighted by molar-refractivity contribution is 5.76. The molecular weight excluding hydrogens is 378 g/mol. The molecule has 30 heavy (non-hydrogen) atoms. The maximum atomic E-state index is 10.6. The predicted molar refractivity (Wildman–Crippen MR) is 116 cm³/mol. The summed E-state index contributed by atoms with van der Waals surface area (Å²) in [7, 11) is 0. The molecule has 1 aromatic heterocycles. The molecule has 0 aliphatic carbocycles. The third kappa shape index (κ3) is 4.35. The van der Waals surface area contributed by atoms with Crippen LogP contribution in [-0.4, -0.2) is 54.3 Å². The second kappa shape index (κ2) is 9.33. The molecule has 0 spiro atoms. The van der Waals surface area contributed by atoms with Gasteiger partial charge in [0, 0.05) is 13.1 Å². The maximum Gasteiger partial charge on any atom is 0.142 e. The number of nitrogen functional groups attached to an aromatic ring is 1. The Bertz CT molecular complexity index is 928. The largest absolute Gasteiger partial charge is 0.507 e. The number of hydrogen-bond acceptors (Lipinski definition) is 7. The van der Waals surface area contributed by atoms with E-state index >= 15 is 0 Å². The molecule has 2 aromatic rings. The monoisotopic (exact) mass is 407 g/mol. The van der Waals surface area contributed by atoms with Crippen molar-refractivity contribution in [3.8, 4) is 28.8 Å². The third-order valence-corrected chi connectivity index (χ3v) is 6.05. The number of nitriles is 1. The van der Waals surface area contributed by atoms with Crippen LogP contribution in [0.3, 0.4) is 0 Å². The molecule has 4 rings (SSSR count). The van der Waals surface area contributed by atoms with Gasteiger partial charge in [0.15, 0.2) is 0 Å². The summed E-state index contributed by atoms with van der Waals surface area (Å²) in [4.78, 5) is 6.84. The van der Waals surface area contributed by atoms with Crippen LogP contribution < -0.4 is 15.8 Å². The fraction of sp³-hybridized carbons (Fsp3) is 0.478. The molecule has 2 saturated heterocycles. The standard InChI is InChI=1S/C23H29N5O2/c24-14-18-17(16-5-4-8-26-15-16)13-19(27-23(18)25)22-20(29)6-3-7-21(22)30-12-11-28-9-1-2-10-28/h3,6-7,13,16,26,29H,1-2,4-5,8-12,15H2,(H2,25,27). The summed E-state index contributed by atoms with van der Waals surface area (Å²) in [5.74, 6) is 1.07. The van der Waals surface area contributed by atoms with Gasteiger partial charge in [-0.05, 0) is 75.0 Å². The first kappa shape index (κ1) is 20.5. The lowest BCUT2D eigenvalue weighted by atomic mass is 9.88. The van der Waals surface area contributed by atoms with Gasteiger partial charge in [0.25, 0.3) is 0 Å². The second-order valence-electron chi connectivity index (χ2n) is 8.06. The minimum Gasteiger partial charge on any atom is -0.507 e. The van der Waals surface area contributed by atoms with Crippen LogP contribution in [-0.2, 0) is 0 Å². The van der Waals surface area contributed by atoms with E-state index in [0.29, 0.717) is 29.2 Å². The van der Waals surface area contributed by atoms with Crippen molar-refractivity contribution in [3.63, 3.8) is 0 Å². The van der Waals surface area contributed by atoms with Crippen molar-refractivity contribution in [3.05, 3.63) is 35.4 Å². The average Bonchev–Trinajstić information content (AvgIpc) is 3.27. The van der Waals surface area contributed by atoms with Crippen LogP contribution >= 0.6 is 0 Å². The summed E-state index contributed by atoms with van der Waals surface area (Å²) in [6.45, 7) is 5.42. The highest BCUT2D eigenvalue weighted by atomic mass is 16.5. The van der Waals surface area contributed by atoms with Gasteiger partial charge in [-0.1, -0.05) is 6.07 Å². The number of phenolic OH excluding ortho intramolecular Hbond substituents is 1. The Hall–Kier alpha value is -2.82. The quantitative estimate of drug-likeness (QED) is 0.676. The van der Waals surface area contributed by atoms with Crippen LogP contribution in [0.25, 0.3) is 11.3 Å². The molecule has 2 aliphatic heterocycles. The van der Waals surface area contributed by atoms with E-state index in [9.17, 15) is 10.4 Å². The fourth-order valence-corrected chi connectivity index (χ4v) is 4.46. The van der Waals surface area contributed by atoms with Crippen molar-refractivity contribution in [2.75, 3.05) is 45.1 Å². The van der Waals surface area contributed by atoms with Crippen LogP contribution in [0, 0.1) is 11.3 Å². The van der Waals surface area contributed by atoms with E-state index in [1.165, 1.54) is 12.8 Å². The van der Waals surface area contributed by atoms with Crippen LogP contribution in [0.4, 0.5) is 5.82 Å². The van der Waals surface area contributed by atoms with Gasteiger partial charge in [0.1, 0.15) is 30.0 Å². The maximum absolute atomic E-state index is 10.6. The zero-order chi connectivity index (χ0) is 20.9. The first-order valence-corrected chi connectivity index (χ1v) is 10.8. The van der Waals surface area contributed by atoms with Crippen LogP contribution in [0.1, 0.15) is 42.7 Å². The van der Waals surface area contributed by atoms with Gasteiger partial charge < -0.3 is 20.9 Å². The summed E-state index contributed by atoms with van der Waals surface area (Å²) in [6, 6.07) is 9.35. The molecule has 2 fully saturated rings. The SMILES string of the molecule is N#Cc1c(C2CCCNC2)cc(-c2c(O)cccc2OCCN2CCCC2)nc1N. The smallest absolute Gasteiger partial charge is 0.142 e. The van der Waals surface area contributed by atoms with Crippen molar-refractivity contribution < 1.29 is 9.84 Å². The number of hydrogen-bond donors (Lipinski definition) is 3. The van der Waals surface area contributed by atoms with E-state index in [0.717, 1.165) is 51.1 Å². The zero-order valence-corrected chi connectivity index (χ0v) is 17.2. The number of rotatable bonds is 6. The summed E-state index contributed by atoms with van der Waals surface area (Å²) in [5.41, 5.74) is 8.56. The molecule has 2 aliphatic rings. The molecule has 3 heterocycles.